The molecule has 0 spiro atoms. The van der Waals surface area contributed by atoms with Crippen LogP contribution in [0.15, 0.2) is 60.3 Å². The molecule has 0 fully saturated rings. The van der Waals surface area contributed by atoms with Crippen molar-refractivity contribution in [2.24, 2.45) is 5.18 Å². The average molecular weight is 309 g/mol. The second-order valence-corrected chi connectivity index (χ2v) is 5.48. The largest absolute Gasteiger partial charge is 0.490 e. The molecule has 0 N–H and O–H groups in total. The number of carbonyl (C=O) groups excluding carboxylic acids is 1. The molecule has 0 amide bonds. The van der Waals surface area contributed by atoms with E-state index in [1.54, 1.807) is 30.3 Å². The van der Waals surface area contributed by atoms with Gasteiger partial charge in [-0.15, -0.1) is 4.91 Å². The Morgan fingerprint density at radius 1 is 1.22 bits per heavy atom. The van der Waals surface area contributed by atoms with Crippen molar-refractivity contribution in [3.63, 3.8) is 0 Å². The van der Waals surface area contributed by atoms with Gasteiger partial charge in [0, 0.05) is 5.56 Å². The summed E-state index contributed by atoms with van der Waals surface area (Å²) in [5, 5.41) is 2.94. The van der Waals surface area contributed by atoms with Crippen molar-refractivity contribution in [2.45, 2.75) is 19.8 Å². The molecule has 0 saturated carbocycles. The zero-order valence-electron chi connectivity index (χ0n) is 13.3. The number of hydrogen-bond acceptors (Lipinski definition) is 4. The summed E-state index contributed by atoms with van der Waals surface area (Å²) in [6, 6.07) is 12.0. The lowest BCUT2D eigenvalue weighted by Gasteiger charge is -2.09. The van der Waals surface area contributed by atoms with Crippen molar-refractivity contribution in [3.05, 3.63) is 76.7 Å². The van der Waals surface area contributed by atoms with Crippen LogP contribution in [0.25, 0.3) is 0 Å². The number of nitrogens with zero attached hydrogens (tertiary/aromatic N) is 1. The fraction of sp³-hybridized carbons (Fsp3) is 0.211. The van der Waals surface area contributed by atoms with E-state index in [1.165, 1.54) is 6.07 Å². The van der Waals surface area contributed by atoms with Gasteiger partial charge in [0.1, 0.15) is 18.0 Å². The molecule has 0 aliphatic heterocycles. The molecule has 2 rings (SSSR count). The molecule has 4 heteroatoms. The van der Waals surface area contributed by atoms with Crippen LogP contribution >= 0.6 is 0 Å². The predicted octanol–water partition coefficient (Wildman–Crippen LogP) is 5.00. The van der Waals surface area contributed by atoms with E-state index in [0.717, 1.165) is 5.56 Å². The summed E-state index contributed by atoms with van der Waals surface area (Å²) in [6.07, 6.45) is 1.61. The standard InChI is InChI=1S/C19H19NO3/c1-4-11-23-16-9-10-18(20-22)17(12-16)19(21)15-7-5-14(6-8-15)13(2)3/h4-10,12-13H,1,11H2,2-3H3. The number of ketones is 1. The molecule has 2 aromatic carbocycles. The lowest BCUT2D eigenvalue weighted by Crippen LogP contribution is -2.03. The SMILES string of the molecule is C=CCOc1ccc(N=O)c(C(=O)c2ccc(C(C)C)cc2)c1. The quantitative estimate of drug-likeness (QED) is 0.410. The monoisotopic (exact) mass is 309 g/mol. The number of hydrogen-bond donors (Lipinski definition) is 0. The van der Waals surface area contributed by atoms with Gasteiger partial charge in [0.2, 0.25) is 0 Å². The third-order valence-electron chi connectivity index (χ3n) is 3.52. The first-order valence-corrected chi connectivity index (χ1v) is 7.42. The Balaban J connectivity index is 2.36. The highest BCUT2D eigenvalue weighted by molar-refractivity contribution is 6.12. The van der Waals surface area contributed by atoms with E-state index >= 15 is 0 Å². The van der Waals surface area contributed by atoms with E-state index in [1.807, 2.05) is 12.1 Å². The van der Waals surface area contributed by atoms with Crippen molar-refractivity contribution in [1.82, 2.24) is 0 Å². The van der Waals surface area contributed by atoms with Crippen LogP contribution in [-0.2, 0) is 0 Å². The van der Waals surface area contributed by atoms with Gasteiger partial charge in [-0.05, 0) is 34.9 Å². The summed E-state index contributed by atoms with van der Waals surface area (Å²) in [5.41, 5.74) is 2.01. The van der Waals surface area contributed by atoms with Crippen LogP contribution in [-0.4, -0.2) is 12.4 Å². The van der Waals surface area contributed by atoms with Gasteiger partial charge in [-0.25, -0.2) is 0 Å². The van der Waals surface area contributed by atoms with Crippen LogP contribution in [0.2, 0.25) is 0 Å². The molecule has 4 nitrogen and oxygen atoms in total. The lowest BCUT2D eigenvalue weighted by molar-refractivity contribution is 0.103. The van der Waals surface area contributed by atoms with Crippen molar-refractivity contribution in [2.75, 3.05) is 6.61 Å². The van der Waals surface area contributed by atoms with Gasteiger partial charge >= 0.3 is 0 Å². The highest BCUT2D eigenvalue weighted by Crippen LogP contribution is 2.27. The molecule has 0 aliphatic carbocycles. The maximum Gasteiger partial charge on any atom is 0.195 e. The summed E-state index contributed by atoms with van der Waals surface area (Å²) in [6.45, 7) is 8.08. The summed E-state index contributed by atoms with van der Waals surface area (Å²) in [5.74, 6) is 0.639. The van der Waals surface area contributed by atoms with Crippen LogP contribution in [0.3, 0.4) is 0 Å². The second-order valence-electron chi connectivity index (χ2n) is 5.48. The summed E-state index contributed by atoms with van der Waals surface area (Å²) < 4.78 is 5.42. The first-order valence-electron chi connectivity index (χ1n) is 7.42. The van der Waals surface area contributed by atoms with E-state index in [-0.39, 0.29) is 17.0 Å². The Kier molecular flexibility index (Phi) is 5.41. The topological polar surface area (TPSA) is 55.7 Å². The van der Waals surface area contributed by atoms with Gasteiger partial charge in [-0.3, -0.25) is 4.79 Å². The molecular formula is C19H19NO3. The van der Waals surface area contributed by atoms with Crippen LogP contribution < -0.4 is 4.74 Å². The first kappa shape index (κ1) is 16.6. The van der Waals surface area contributed by atoms with E-state index in [2.05, 4.69) is 25.6 Å². The van der Waals surface area contributed by atoms with Gasteiger partial charge in [0.25, 0.3) is 0 Å². The van der Waals surface area contributed by atoms with Crippen LogP contribution in [0, 0.1) is 4.91 Å². The zero-order valence-corrected chi connectivity index (χ0v) is 13.3. The van der Waals surface area contributed by atoms with Crippen molar-refractivity contribution in [3.8, 4) is 5.75 Å². The number of nitroso groups, excluding NO2 is 1. The molecule has 0 unspecified atom stereocenters. The molecule has 0 radical (unpaired) electrons. The molecule has 0 bridgehead atoms. The molecule has 0 saturated heterocycles. The van der Waals surface area contributed by atoms with E-state index < -0.39 is 0 Å². The number of ether oxygens (including phenoxy) is 1. The lowest BCUT2D eigenvalue weighted by atomic mass is 9.97. The van der Waals surface area contributed by atoms with E-state index in [0.29, 0.717) is 23.8 Å². The minimum atomic E-state index is -0.251. The molecule has 0 aliphatic rings. The van der Waals surface area contributed by atoms with Crippen LogP contribution in [0.4, 0.5) is 5.69 Å². The van der Waals surface area contributed by atoms with Gasteiger partial charge in [0.05, 0.1) is 5.56 Å². The molecule has 0 aromatic heterocycles. The fourth-order valence-corrected chi connectivity index (χ4v) is 2.20. The van der Waals surface area contributed by atoms with E-state index in [9.17, 15) is 9.70 Å². The third-order valence-corrected chi connectivity index (χ3v) is 3.52. The molecular weight excluding hydrogens is 290 g/mol. The van der Waals surface area contributed by atoms with Crippen molar-refractivity contribution in [1.29, 1.82) is 0 Å². The Hall–Kier alpha value is -2.75. The molecule has 2 aromatic rings. The molecule has 118 valence electrons. The van der Waals surface area contributed by atoms with Crippen LogP contribution in [0.5, 0.6) is 5.75 Å². The number of benzene rings is 2. The number of rotatable bonds is 7. The normalized spacial score (nSPS) is 10.4. The molecule has 23 heavy (non-hydrogen) atoms. The minimum absolute atomic E-state index is 0.105. The van der Waals surface area contributed by atoms with E-state index in [4.69, 9.17) is 4.74 Å². The smallest absolute Gasteiger partial charge is 0.195 e. The first-order chi connectivity index (χ1) is 11.1. The van der Waals surface area contributed by atoms with Crippen molar-refractivity contribution >= 4 is 11.5 Å². The highest BCUT2D eigenvalue weighted by Gasteiger charge is 2.16. The minimum Gasteiger partial charge on any atom is -0.490 e. The Labute approximate surface area is 135 Å². The highest BCUT2D eigenvalue weighted by atomic mass is 16.5. The maximum atomic E-state index is 12.7. The Bertz CT molecular complexity index is 718. The van der Waals surface area contributed by atoms with Crippen LogP contribution in [0.1, 0.15) is 41.3 Å². The van der Waals surface area contributed by atoms with Gasteiger partial charge in [0.15, 0.2) is 5.78 Å². The fourth-order valence-electron chi connectivity index (χ4n) is 2.20. The third kappa shape index (κ3) is 3.92. The van der Waals surface area contributed by atoms with Gasteiger partial charge in [-0.1, -0.05) is 50.8 Å². The zero-order chi connectivity index (χ0) is 16.8. The number of carbonyl (C=O) groups is 1. The molecule has 0 heterocycles. The second kappa shape index (κ2) is 7.49. The Morgan fingerprint density at radius 3 is 2.48 bits per heavy atom. The van der Waals surface area contributed by atoms with Gasteiger partial charge in [-0.2, -0.15) is 0 Å². The molecule has 0 atom stereocenters. The summed E-state index contributed by atoms with van der Waals surface area (Å²) in [7, 11) is 0. The van der Waals surface area contributed by atoms with Gasteiger partial charge < -0.3 is 4.74 Å². The maximum absolute atomic E-state index is 12.7. The summed E-state index contributed by atoms with van der Waals surface area (Å²) >= 11 is 0. The summed E-state index contributed by atoms with van der Waals surface area (Å²) in [4.78, 5) is 23.6. The Morgan fingerprint density at radius 2 is 1.91 bits per heavy atom. The predicted molar refractivity (Wildman–Crippen MR) is 91.6 cm³/mol. The van der Waals surface area contributed by atoms with Crippen molar-refractivity contribution < 1.29 is 9.53 Å². The average Bonchev–Trinajstić information content (AvgIpc) is 2.59.